The highest BCUT2D eigenvalue weighted by Crippen LogP contribution is 2.27. The van der Waals surface area contributed by atoms with Crippen LogP contribution >= 0.6 is 11.3 Å². The Kier molecular flexibility index (Phi) is 5.95. The van der Waals surface area contributed by atoms with Gasteiger partial charge in [0.05, 0.1) is 21.7 Å². The number of hydrogen-bond acceptors (Lipinski definition) is 4. The van der Waals surface area contributed by atoms with Gasteiger partial charge in [0, 0.05) is 6.04 Å². The van der Waals surface area contributed by atoms with Gasteiger partial charge in [-0.25, -0.2) is 13.1 Å². The van der Waals surface area contributed by atoms with E-state index in [2.05, 4.69) is 16.9 Å². The molecule has 1 unspecified atom stereocenters. The maximum absolute atomic E-state index is 13.1. The summed E-state index contributed by atoms with van der Waals surface area (Å²) in [5.74, 6) is 0. The Labute approximate surface area is 197 Å². The molecule has 1 N–H and O–H groups in total. The molecule has 0 aliphatic heterocycles. The largest absolute Gasteiger partial charge is 0.308 e. The average molecular weight is 479 g/mol. The molecule has 1 aliphatic carbocycles. The van der Waals surface area contributed by atoms with E-state index in [0.717, 1.165) is 40.8 Å². The van der Waals surface area contributed by atoms with Gasteiger partial charge in [-0.05, 0) is 73.1 Å². The Morgan fingerprint density at radius 1 is 0.970 bits per heavy atom. The minimum Gasteiger partial charge on any atom is -0.294 e. The van der Waals surface area contributed by atoms with Crippen molar-refractivity contribution in [2.24, 2.45) is 0 Å². The van der Waals surface area contributed by atoms with Gasteiger partial charge in [-0.15, -0.1) is 0 Å². The van der Waals surface area contributed by atoms with E-state index < -0.39 is 10.0 Å². The summed E-state index contributed by atoms with van der Waals surface area (Å²) >= 11 is 1.07. The Morgan fingerprint density at radius 2 is 1.73 bits per heavy atom. The molecule has 4 aromatic rings. The second kappa shape index (κ2) is 8.89. The first-order valence-electron chi connectivity index (χ1n) is 11.2. The van der Waals surface area contributed by atoms with Crippen molar-refractivity contribution in [1.82, 2.24) is 9.29 Å². The molecule has 0 saturated carbocycles. The highest BCUT2D eigenvalue weighted by molar-refractivity contribution is 7.89. The minimum atomic E-state index is -3.74. The van der Waals surface area contributed by atoms with E-state index in [1.54, 1.807) is 22.8 Å². The summed E-state index contributed by atoms with van der Waals surface area (Å²) in [7, 11) is -3.74. The fourth-order valence-corrected chi connectivity index (χ4v) is 6.78. The van der Waals surface area contributed by atoms with Crippen molar-refractivity contribution >= 4 is 31.6 Å². The molecule has 5 rings (SSSR count). The molecule has 3 aromatic carbocycles. The number of rotatable bonds is 6. The van der Waals surface area contributed by atoms with Crippen LogP contribution in [0.2, 0.25) is 0 Å². The Bertz CT molecular complexity index is 1470. The van der Waals surface area contributed by atoms with Gasteiger partial charge in [0.2, 0.25) is 10.0 Å². The number of benzene rings is 3. The number of nitrogens with one attached hydrogen (secondary N) is 1. The van der Waals surface area contributed by atoms with Gasteiger partial charge in [-0.1, -0.05) is 59.9 Å². The molecule has 0 amide bonds. The third-order valence-electron chi connectivity index (χ3n) is 6.34. The molecule has 5 nitrogen and oxygen atoms in total. The first kappa shape index (κ1) is 22.1. The van der Waals surface area contributed by atoms with Crippen LogP contribution in [-0.4, -0.2) is 13.0 Å². The lowest BCUT2D eigenvalue weighted by Crippen LogP contribution is -2.27. The van der Waals surface area contributed by atoms with Crippen LogP contribution in [0.25, 0.3) is 10.2 Å². The van der Waals surface area contributed by atoms with E-state index in [-0.39, 0.29) is 15.8 Å². The maximum Gasteiger partial charge on any atom is 0.308 e. The maximum atomic E-state index is 13.1. The lowest BCUT2D eigenvalue weighted by molar-refractivity contribution is 0.566. The van der Waals surface area contributed by atoms with Crippen LogP contribution in [0.1, 0.15) is 48.1 Å². The molecule has 0 fully saturated rings. The predicted octanol–water partition coefficient (Wildman–Crippen LogP) is 5.03. The standard InChI is InChI=1S/C26H26N2O3S2/c1-18(21-12-11-20-9-5-6-10-22(20)15-21)27-33(30,31)23-13-14-24-25(16-23)32-26(29)28(24)17-19-7-3-2-4-8-19/h2-4,7-8,11-16,18,27H,5-6,9-10,17H2,1H3. The lowest BCUT2D eigenvalue weighted by atomic mass is 9.89. The highest BCUT2D eigenvalue weighted by Gasteiger charge is 2.21. The van der Waals surface area contributed by atoms with E-state index in [1.165, 1.54) is 24.0 Å². The molecule has 1 aromatic heterocycles. The molecular weight excluding hydrogens is 452 g/mol. The van der Waals surface area contributed by atoms with Gasteiger partial charge < -0.3 is 0 Å². The Morgan fingerprint density at radius 3 is 2.52 bits per heavy atom. The van der Waals surface area contributed by atoms with Crippen LogP contribution in [0.15, 0.2) is 76.4 Å². The fourth-order valence-electron chi connectivity index (χ4n) is 4.52. The second-order valence-corrected chi connectivity index (χ2v) is 11.4. The zero-order valence-corrected chi connectivity index (χ0v) is 20.1. The van der Waals surface area contributed by atoms with Crippen molar-refractivity contribution in [3.8, 4) is 0 Å². The number of thiazole rings is 1. The summed E-state index contributed by atoms with van der Waals surface area (Å²) in [5, 5.41) is 0. The highest BCUT2D eigenvalue weighted by atomic mass is 32.2. The lowest BCUT2D eigenvalue weighted by Gasteiger charge is -2.20. The van der Waals surface area contributed by atoms with E-state index in [0.29, 0.717) is 11.2 Å². The van der Waals surface area contributed by atoms with Crippen LogP contribution in [0.4, 0.5) is 0 Å². The summed E-state index contributed by atoms with van der Waals surface area (Å²) in [6, 6.07) is 20.6. The zero-order valence-electron chi connectivity index (χ0n) is 18.5. The molecule has 0 saturated heterocycles. The SMILES string of the molecule is CC(NS(=O)(=O)c1ccc2c(c1)sc(=O)n2Cc1ccccc1)c1ccc2c(c1)CCCC2. The fraction of sp³-hybridized carbons (Fsp3) is 0.269. The van der Waals surface area contributed by atoms with Crippen molar-refractivity contribution in [3.63, 3.8) is 0 Å². The van der Waals surface area contributed by atoms with E-state index in [1.807, 2.05) is 43.3 Å². The molecule has 7 heteroatoms. The molecule has 0 spiro atoms. The number of hydrogen-bond donors (Lipinski definition) is 1. The van der Waals surface area contributed by atoms with E-state index in [4.69, 9.17) is 0 Å². The van der Waals surface area contributed by atoms with Gasteiger partial charge in [-0.2, -0.15) is 0 Å². The smallest absolute Gasteiger partial charge is 0.294 e. The van der Waals surface area contributed by atoms with Crippen LogP contribution in [0.3, 0.4) is 0 Å². The van der Waals surface area contributed by atoms with Crippen molar-refractivity contribution in [1.29, 1.82) is 0 Å². The molecule has 33 heavy (non-hydrogen) atoms. The number of fused-ring (bicyclic) bond motifs is 2. The Hall–Kier alpha value is -2.74. The number of aryl methyl sites for hydroxylation is 2. The molecule has 0 bridgehead atoms. The van der Waals surface area contributed by atoms with E-state index >= 15 is 0 Å². The predicted molar refractivity (Wildman–Crippen MR) is 133 cm³/mol. The third kappa shape index (κ3) is 4.53. The molecule has 1 aliphatic rings. The minimum absolute atomic E-state index is 0.0983. The van der Waals surface area contributed by atoms with Gasteiger partial charge in [0.1, 0.15) is 0 Å². The topological polar surface area (TPSA) is 68.2 Å². The van der Waals surface area contributed by atoms with Crippen molar-refractivity contribution in [2.75, 3.05) is 0 Å². The second-order valence-electron chi connectivity index (χ2n) is 8.65. The summed E-state index contributed by atoms with van der Waals surface area (Å²) in [4.78, 5) is 12.7. The summed E-state index contributed by atoms with van der Waals surface area (Å²) in [6.45, 7) is 2.33. The zero-order chi connectivity index (χ0) is 23.0. The molecule has 1 heterocycles. The molecule has 1 atom stereocenters. The summed E-state index contributed by atoms with van der Waals surface area (Å²) in [6.07, 6.45) is 4.56. The number of aromatic nitrogens is 1. The number of sulfonamides is 1. The van der Waals surface area contributed by atoms with Crippen LogP contribution in [0.5, 0.6) is 0 Å². The van der Waals surface area contributed by atoms with Crippen LogP contribution in [0, 0.1) is 0 Å². The van der Waals surface area contributed by atoms with Crippen molar-refractivity contribution in [3.05, 3.63) is 98.7 Å². The average Bonchev–Trinajstić information content (AvgIpc) is 3.13. The van der Waals surface area contributed by atoms with Gasteiger partial charge in [0.15, 0.2) is 0 Å². The first-order valence-corrected chi connectivity index (χ1v) is 13.5. The van der Waals surface area contributed by atoms with E-state index in [9.17, 15) is 13.2 Å². The van der Waals surface area contributed by atoms with Crippen molar-refractivity contribution in [2.45, 2.75) is 50.1 Å². The van der Waals surface area contributed by atoms with Gasteiger partial charge >= 0.3 is 4.87 Å². The monoisotopic (exact) mass is 478 g/mol. The van der Waals surface area contributed by atoms with Gasteiger partial charge in [-0.3, -0.25) is 9.36 Å². The normalized spacial score (nSPS) is 14.8. The summed E-state index contributed by atoms with van der Waals surface area (Å²) < 4.78 is 31.4. The third-order valence-corrected chi connectivity index (χ3v) is 8.82. The summed E-state index contributed by atoms with van der Waals surface area (Å²) in [5.41, 5.74) is 5.45. The number of nitrogens with zero attached hydrogens (tertiary/aromatic N) is 1. The quantitative estimate of drug-likeness (QED) is 0.423. The molecule has 170 valence electrons. The Balaban J connectivity index is 1.40. The van der Waals surface area contributed by atoms with Crippen LogP contribution in [-0.2, 0) is 29.4 Å². The molecule has 0 radical (unpaired) electrons. The van der Waals surface area contributed by atoms with Gasteiger partial charge in [0.25, 0.3) is 0 Å². The first-order chi connectivity index (χ1) is 15.9. The van der Waals surface area contributed by atoms with Crippen LogP contribution < -0.4 is 9.60 Å². The molecular formula is C26H26N2O3S2. The van der Waals surface area contributed by atoms with Crippen molar-refractivity contribution < 1.29 is 8.42 Å².